The Balaban J connectivity index is 1.69. The van der Waals surface area contributed by atoms with E-state index in [1.54, 1.807) is 0 Å². The molecule has 1 unspecified atom stereocenters. The van der Waals surface area contributed by atoms with Gasteiger partial charge in [-0.1, -0.05) is 32.1 Å². The van der Waals surface area contributed by atoms with E-state index in [4.69, 9.17) is 0 Å². The number of nitrogens with one attached hydrogen (secondary N) is 2. The molecule has 0 aromatic carbocycles. The summed E-state index contributed by atoms with van der Waals surface area (Å²) in [6, 6.07) is -0.304. The summed E-state index contributed by atoms with van der Waals surface area (Å²) in [7, 11) is 0. The van der Waals surface area contributed by atoms with Gasteiger partial charge in [0.2, 0.25) is 11.8 Å². The number of carbonyl (C=O) groups excluding carboxylic acids is 2. The highest BCUT2D eigenvalue weighted by atomic mass is 16.2. The predicted octanol–water partition coefficient (Wildman–Crippen LogP) is 2.13. The van der Waals surface area contributed by atoms with E-state index >= 15 is 0 Å². The SMILES string of the molecule is O=C(CCC1CCCCC1)NC1CCCCNC1=O. The summed E-state index contributed by atoms with van der Waals surface area (Å²) in [5, 5.41) is 5.75. The van der Waals surface area contributed by atoms with Crippen LogP contribution in [-0.2, 0) is 9.59 Å². The molecular formula is C15H26N2O2. The van der Waals surface area contributed by atoms with Crippen molar-refractivity contribution in [1.29, 1.82) is 0 Å². The van der Waals surface area contributed by atoms with E-state index in [2.05, 4.69) is 10.6 Å². The molecule has 4 heteroatoms. The summed E-state index contributed by atoms with van der Waals surface area (Å²) in [4.78, 5) is 23.7. The molecule has 0 spiro atoms. The highest BCUT2D eigenvalue weighted by Gasteiger charge is 2.22. The van der Waals surface area contributed by atoms with Gasteiger partial charge in [0.1, 0.15) is 6.04 Å². The first-order valence-electron chi connectivity index (χ1n) is 7.83. The van der Waals surface area contributed by atoms with E-state index in [-0.39, 0.29) is 17.9 Å². The normalized spacial score (nSPS) is 25.5. The molecule has 1 heterocycles. The van der Waals surface area contributed by atoms with Gasteiger partial charge in [0.25, 0.3) is 0 Å². The summed E-state index contributed by atoms with van der Waals surface area (Å²) in [5.41, 5.74) is 0. The maximum atomic E-state index is 11.9. The summed E-state index contributed by atoms with van der Waals surface area (Å²) in [5.74, 6) is 0.763. The third-order valence-corrected chi connectivity index (χ3v) is 4.37. The molecule has 2 fully saturated rings. The van der Waals surface area contributed by atoms with Crippen molar-refractivity contribution in [2.45, 2.75) is 70.3 Å². The van der Waals surface area contributed by atoms with Gasteiger partial charge in [-0.3, -0.25) is 9.59 Å². The fourth-order valence-electron chi connectivity index (χ4n) is 3.15. The zero-order valence-corrected chi connectivity index (χ0v) is 11.7. The molecule has 1 aliphatic heterocycles. The lowest BCUT2D eigenvalue weighted by Crippen LogP contribution is -2.45. The van der Waals surface area contributed by atoms with E-state index in [0.717, 1.165) is 38.1 Å². The molecule has 2 rings (SSSR count). The molecule has 19 heavy (non-hydrogen) atoms. The van der Waals surface area contributed by atoms with Gasteiger partial charge < -0.3 is 10.6 Å². The molecule has 2 amide bonds. The maximum absolute atomic E-state index is 11.9. The molecule has 1 atom stereocenters. The van der Waals surface area contributed by atoms with Crippen LogP contribution in [0.3, 0.4) is 0 Å². The summed E-state index contributed by atoms with van der Waals surface area (Å²) < 4.78 is 0. The zero-order chi connectivity index (χ0) is 13.5. The lowest BCUT2D eigenvalue weighted by atomic mass is 9.86. The lowest BCUT2D eigenvalue weighted by Gasteiger charge is -2.21. The van der Waals surface area contributed by atoms with Crippen LogP contribution in [0, 0.1) is 5.92 Å². The Morgan fingerprint density at radius 3 is 2.63 bits per heavy atom. The van der Waals surface area contributed by atoms with Gasteiger partial charge in [0.05, 0.1) is 0 Å². The van der Waals surface area contributed by atoms with E-state index in [0.29, 0.717) is 6.42 Å². The van der Waals surface area contributed by atoms with Crippen LogP contribution in [0.1, 0.15) is 64.2 Å². The average Bonchev–Trinajstić information content (AvgIpc) is 2.63. The molecule has 1 saturated carbocycles. The standard InChI is InChI=1S/C15H26N2O2/c18-14(10-9-12-6-2-1-3-7-12)17-13-8-4-5-11-16-15(13)19/h12-13H,1-11H2,(H,16,19)(H,17,18). The second kappa shape index (κ2) is 7.51. The first-order chi connectivity index (χ1) is 9.25. The Morgan fingerprint density at radius 2 is 1.84 bits per heavy atom. The fourth-order valence-corrected chi connectivity index (χ4v) is 3.15. The average molecular weight is 266 g/mol. The van der Waals surface area contributed by atoms with Gasteiger partial charge in [-0.05, 0) is 31.6 Å². The van der Waals surface area contributed by atoms with Crippen molar-refractivity contribution in [1.82, 2.24) is 10.6 Å². The van der Waals surface area contributed by atoms with Crippen molar-refractivity contribution in [3.05, 3.63) is 0 Å². The van der Waals surface area contributed by atoms with E-state index in [9.17, 15) is 9.59 Å². The highest BCUT2D eigenvalue weighted by molar-refractivity contribution is 5.87. The second-order valence-electron chi connectivity index (χ2n) is 5.95. The molecule has 1 aliphatic carbocycles. The number of amides is 2. The van der Waals surface area contributed by atoms with Gasteiger partial charge in [0, 0.05) is 13.0 Å². The molecule has 2 N–H and O–H groups in total. The molecule has 0 bridgehead atoms. The van der Waals surface area contributed by atoms with Gasteiger partial charge >= 0.3 is 0 Å². The van der Waals surface area contributed by atoms with Crippen LogP contribution in [-0.4, -0.2) is 24.4 Å². The Labute approximate surface area is 115 Å². The van der Waals surface area contributed by atoms with Crippen LogP contribution in [0.2, 0.25) is 0 Å². The predicted molar refractivity (Wildman–Crippen MR) is 74.6 cm³/mol. The minimum Gasteiger partial charge on any atom is -0.354 e. The zero-order valence-electron chi connectivity index (χ0n) is 11.7. The monoisotopic (exact) mass is 266 g/mol. The molecule has 0 aromatic heterocycles. The lowest BCUT2D eigenvalue weighted by molar-refractivity contribution is -0.129. The van der Waals surface area contributed by atoms with E-state index < -0.39 is 0 Å². The Morgan fingerprint density at radius 1 is 1.11 bits per heavy atom. The first-order valence-corrected chi connectivity index (χ1v) is 7.83. The molecule has 4 nitrogen and oxygen atoms in total. The molecular weight excluding hydrogens is 240 g/mol. The quantitative estimate of drug-likeness (QED) is 0.819. The third kappa shape index (κ3) is 4.84. The minimum absolute atomic E-state index is 0.0106. The van der Waals surface area contributed by atoms with Crippen LogP contribution >= 0.6 is 0 Å². The minimum atomic E-state index is -0.304. The Bertz CT molecular complexity index is 311. The van der Waals surface area contributed by atoms with Gasteiger partial charge in [-0.15, -0.1) is 0 Å². The van der Waals surface area contributed by atoms with Gasteiger partial charge in [-0.2, -0.15) is 0 Å². The van der Waals surface area contributed by atoms with Crippen LogP contribution in [0.5, 0.6) is 0 Å². The van der Waals surface area contributed by atoms with Crippen molar-refractivity contribution in [3.8, 4) is 0 Å². The molecule has 1 saturated heterocycles. The van der Waals surface area contributed by atoms with Crippen molar-refractivity contribution in [2.75, 3.05) is 6.54 Å². The smallest absolute Gasteiger partial charge is 0.242 e. The van der Waals surface area contributed by atoms with Crippen LogP contribution in [0.15, 0.2) is 0 Å². The van der Waals surface area contributed by atoms with Crippen LogP contribution in [0.25, 0.3) is 0 Å². The summed E-state index contributed by atoms with van der Waals surface area (Å²) in [6.45, 7) is 0.743. The van der Waals surface area contributed by atoms with Crippen molar-refractivity contribution < 1.29 is 9.59 Å². The summed E-state index contributed by atoms with van der Waals surface area (Å²) in [6.07, 6.45) is 10.9. The molecule has 0 radical (unpaired) electrons. The largest absolute Gasteiger partial charge is 0.354 e. The fraction of sp³-hybridized carbons (Fsp3) is 0.867. The highest BCUT2D eigenvalue weighted by Crippen LogP contribution is 2.27. The number of carbonyl (C=O) groups is 2. The van der Waals surface area contributed by atoms with Crippen molar-refractivity contribution >= 4 is 11.8 Å². The first kappa shape index (κ1) is 14.4. The molecule has 108 valence electrons. The topological polar surface area (TPSA) is 58.2 Å². The van der Waals surface area contributed by atoms with E-state index in [1.807, 2.05) is 0 Å². The Hall–Kier alpha value is -1.06. The Kier molecular flexibility index (Phi) is 5.67. The van der Waals surface area contributed by atoms with Gasteiger partial charge in [-0.25, -0.2) is 0 Å². The molecule has 0 aromatic rings. The van der Waals surface area contributed by atoms with Crippen molar-refractivity contribution in [3.63, 3.8) is 0 Å². The van der Waals surface area contributed by atoms with Crippen molar-refractivity contribution in [2.24, 2.45) is 5.92 Å². The van der Waals surface area contributed by atoms with Crippen LogP contribution in [0.4, 0.5) is 0 Å². The number of rotatable bonds is 4. The molecule has 2 aliphatic rings. The third-order valence-electron chi connectivity index (χ3n) is 4.37. The maximum Gasteiger partial charge on any atom is 0.242 e. The van der Waals surface area contributed by atoms with Gasteiger partial charge in [0.15, 0.2) is 0 Å². The summed E-state index contributed by atoms with van der Waals surface area (Å²) >= 11 is 0. The second-order valence-corrected chi connectivity index (χ2v) is 5.95. The van der Waals surface area contributed by atoms with E-state index in [1.165, 1.54) is 32.1 Å². The number of hydrogen-bond donors (Lipinski definition) is 2. The number of hydrogen-bond acceptors (Lipinski definition) is 2. The van der Waals surface area contributed by atoms with Crippen LogP contribution < -0.4 is 10.6 Å².